The largest absolute Gasteiger partial charge is 0.508 e. The number of carbonyl (C=O) groups is 1. The fourth-order valence-electron chi connectivity index (χ4n) is 1.46. The topological polar surface area (TPSA) is 91.6 Å². The highest BCUT2D eigenvalue weighted by Gasteiger charge is 2.21. The molecule has 100 valence electrons. The highest BCUT2D eigenvalue weighted by Crippen LogP contribution is 2.17. The van der Waals surface area contributed by atoms with Crippen molar-refractivity contribution < 1.29 is 18.3 Å². The standard InChI is InChI=1S/C11H11N3O4S/c15-9-14(13-6-1-2-7-13)19(17,18)12-10-4-3-5-11(16)8-10/h1-9,12,16H. The van der Waals surface area contributed by atoms with Gasteiger partial charge in [0, 0.05) is 18.5 Å². The van der Waals surface area contributed by atoms with Crippen LogP contribution in [-0.4, -0.2) is 24.6 Å². The number of phenolic OH excluding ortho intramolecular Hbond substituents is 1. The number of nitrogens with one attached hydrogen (secondary N) is 1. The molecule has 1 aromatic carbocycles. The first kappa shape index (κ1) is 13.0. The van der Waals surface area contributed by atoms with E-state index in [-0.39, 0.29) is 17.8 Å². The lowest BCUT2D eigenvalue weighted by molar-refractivity contribution is -0.107. The van der Waals surface area contributed by atoms with Crippen molar-refractivity contribution in [3.05, 3.63) is 48.8 Å². The van der Waals surface area contributed by atoms with E-state index in [0.717, 1.165) is 4.68 Å². The van der Waals surface area contributed by atoms with E-state index in [0.29, 0.717) is 4.41 Å². The van der Waals surface area contributed by atoms with E-state index >= 15 is 0 Å². The van der Waals surface area contributed by atoms with Gasteiger partial charge in [0.05, 0.1) is 5.69 Å². The van der Waals surface area contributed by atoms with Crippen LogP contribution in [-0.2, 0) is 15.0 Å². The number of hydrogen-bond donors (Lipinski definition) is 2. The molecule has 7 nitrogen and oxygen atoms in total. The lowest BCUT2D eigenvalue weighted by Gasteiger charge is -2.19. The van der Waals surface area contributed by atoms with Crippen molar-refractivity contribution >= 4 is 22.3 Å². The van der Waals surface area contributed by atoms with Crippen LogP contribution in [0.2, 0.25) is 0 Å². The summed E-state index contributed by atoms with van der Waals surface area (Å²) in [5, 5.41) is 9.27. The third-order valence-corrected chi connectivity index (χ3v) is 3.51. The van der Waals surface area contributed by atoms with Gasteiger partial charge < -0.3 is 5.11 Å². The molecule has 1 heterocycles. The number of amides is 1. The van der Waals surface area contributed by atoms with E-state index in [1.54, 1.807) is 12.1 Å². The molecule has 8 heteroatoms. The molecular formula is C11H11N3O4S. The van der Waals surface area contributed by atoms with Gasteiger partial charge in [-0.3, -0.25) is 14.2 Å². The number of hydrogen-bond acceptors (Lipinski definition) is 4. The molecular weight excluding hydrogens is 270 g/mol. The van der Waals surface area contributed by atoms with Crippen molar-refractivity contribution in [2.45, 2.75) is 0 Å². The zero-order valence-electron chi connectivity index (χ0n) is 9.67. The minimum Gasteiger partial charge on any atom is -0.508 e. The number of rotatable bonds is 5. The number of nitrogens with zero attached hydrogens (tertiary/aromatic N) is 2. The highest BCUT2D eigenvalue weighted by molar-refractivity contribution is 7.94. The van der Waals surface area contributed by atoms with Crippen molar-refractivity contribution in [2.75, 3.05) is 9.14 Å². The molecule has 2 aromatic rings. The van der Waals surface area contributed by atoms with Crippen LogP contribution in [0.3, 0.4) is 0 Å². The average Bonchev–Trinajstić information content (AvgIpc) is 2.82. The predicted molar refractivity (Wildman–Crippen MR) is 69.4 cm³/mol. The summed E-state index contributed by atoms with van der Waals surface area (Å²) < 4.78 is 27.8. The highest BCUT2D eigenvalue weighted by atomic mass is 32.2. The summed E-state index contributed by atoms with van der Waals surface area (Å²) >= 11 is 0. The first-order chi connectivity index (χ1) is 9.03. The number of carbonyl (C=O) groups excluding carboxylic acids is 1. The van der Waals surface area contributed by atoms with Crippen molar-refractivity contribution in [3.63, 3.8) is 0 Å². The van der Waals surface area contributed by atoms with Crippen LogP contribution in [0.15, 0.2) is 48.8 Å². The number of benzene rings is 1. The maximum Gasteiger partial charge on any atom is 0.344 e. The molecule has 0 radical (unpaired) electrons. The fourth-order valence-corrected chi connectivity index (χ4v) is 2.45. The first-order valence-corrected chi connectivity index (χ1v) is 6.67. The summed E-state index contributed by atoms with van der Waals surface area (Å²) in [7, 11) is -4.10. The second-order valence-electron chi connectivity index (χ2n) is 3.60. The van der Waals surface area contributed by atoms with Crippen molar-refractivity contribution in [1.82, 2.24) is 4.68 Å². The Hall–Kier alpha value is -2.48. The van der Waals surface area contributed by atoms with Crippen LogP contribution in [0.4, 0.5) is 5.69 Å². The number of aromatic nitrogens is 1. The fraction of sp³-hybridized carbons (Fsp3) is 0. The van der Waals surface area contributed by atoms with Gasteiger partial charge in [-0.1, -0.05) is 6.07 Å². The molecule has 0 atom stereocenters. The van der Waals surface area contributed by atoms with Gasteiger partial charge >= 0.3 is 10.2 Å². The summed E-state index contributed by atoms with van der Waals surface area (Å²) in [6.45, 7) is 0. The average molecular weight is 281 g/mol. The summed E-state index contributed by atoms with van der Waals surface area (Å²) in [6, 6.07) is 8.74. The molecule has 0 aliphatic carbocycles. The normalized spacial score (nSPS) is 10.9. The Morgan fingerprint density at radius 1 is 1.21 bits per heavy atom. The van der Waals surface area contributed by atoms with Crippen molar-refractivity contribution in [2.24, 2.45) is 0 Å². The van der Waals surface area contributed by atoms with E-state index in [1.807, 2.05) is 0 Å². The maximum atomic E-state index is 12.0. The van der Waals surface area contributed by atoms with E-state index < -0.39 is 10.2 Å². The summed E-state index contributed by atoms with van der Waals surface area (Å²) in [6.07, 6.45) is 3.00. The van der Waals surface area contributed by atoms with Crippen LogP contribution in [0, 0.1) is 0 Å². The second kappa shape index (κ2) is 5.02. The van der Waals surface area contributed by atoms with Gasteiger partial charge in [0.15, 0.2) is 0 Å². The molecule has 0 spiro atoms. The van der Waals surface area contributed by atoms with Crippen LogP contribution in [0.1, 0.15) is 0 Å². The van der Waals surface area contributed by atoms with Crippen LogP contribution >= 0.6 is 0 Å². The molecule has 0 saturated heterocycles. The SMILES string of the molecule is O=CN(n1cccc1)S(=O)(=O)Nc1cccc(O)c1. The lowest BCUT2D eigenvalue weighted by atomic mass is 10.3. The van der Waals surface area contributed by atoms with Crippen molar-refractivity contribution in [1.29, 1.82) is 0 Å². The van der Waals surface area contributed by atoms with Gasteiger partial charge in [-0.2, -0.15) is 8.42 Å². The van der Waals surface area contributed by atoms with Gasteiger partial charge in [0.1, 0.15) is 5.75 Å². The molecule has 0 aliphatic heterocycles. The first-order valence-electron chi connectivity index (χ1n) is 5.23. The Morgan fingerprint density at radius 2 is 1.89 bits per heavy atom. The Bertz CT molecular complexity index is 667. The van der Waals surface area contributed by atoms with Gasteiger partial charge in [-0.15, -0.1) is 4.41 Å². The molecule has 0 aliphatic rings. The van der Waals surface area contributed by atoms with E-state index in [1.165, 1.54) is 36.7 Å². The summed E-state index contributed by atoms with van der Waals surface area (Å²) in [5.74, 6) is -0.0844. The van der Waals surface area contributed by atoms with Gasteiger partial charge in [0.2, 0.25) is 6.41 Å². The Balaban J connectivity index is 2.29. The molecule has 1 aromatic heterocycles. The van der Waals surface area contributed by atoms with Gasteiger partial charge in [-0.05, 0) is 24.3 Å². The van der Waals surface area contributed by atoms with Crippen molar-refractivity contribution in [3.8, 4) is 5.75 Å². The monoisotopic (exact) mass is 281 g/mol. The zero-order valence-corrected chi connectivity index (χ0v) is 10.5. The molecule has 19 heavy (non-hydrogen) atoms. The number of aromatic hydroxyl groups is 1. The Kier molecular flexibility index (Phi) is 3.43. The molecule has 0 fully saturated rings. The Morgan fingerprint density at radius 3 is 2.47 bits per heavy atom. The van der Waals surface area contributed by atoms with E-state index in [2.05, 4.69) is 4.72 Å². The third kappa shape index (κ3) is 2.86. The van der Waals surface area contributed by atoms with Gasteiger partial charge in [0.25, 0.3) is 0 Å². The van der Waals surface area contributed by atoms with Gasteiger partial charge in [-0.25, -0.2) is 0 Å². The van der Waals surface area contributed by atoms with Crippen LogP contribution in [0.25, 0.3) is 0 Å². The maximum absolute atomic E-state index is 12.0. The number of anilines is 1. The molecule has 2 N–H and O–H groups in total. The van der Waals surface area contributed by atoms with Crippen LogP contribution in [0.5, 0.6) is 5.75 Å². The summed E-state index contributed by atoms with van der Waals surface area (Å²) in [5.41, 5.74) is 0.152. The minimum atomic E-state index is -4.10. The predicted octanol–water partition coefficient (Wildman–Crippen LogP) is 0.645. The lowest BCUT2D eigenvalue weighted by Crippen LogP contribution is -2.42. The van der Waals surface area contributed by atoms with E-state index in [4.69, 9.17) is 0 Å². The quantitative estimate of drug-likeness (QED) is 0.787. The van der Waals surface area contributed by atoms with Crippen LogP contribution < -0.4 is 9.14 Å². The second-order valence-corrected chi connectivity index (χ2v) is 5.13. The molecule has 0 saturated carbocycles. The molecule has 2 rings (SSSR count). The third-order valence-electron chi connectivity index (χ3n) is 2.25. The zero-order chi connectivity index (χ0) is 13.9. The number of phenols is 1. The minimum absolute atomic E-state index is 0.0844. The molecule has 0 unspecified atom stereocenters. The van der Waals surface area contributed by atoms with E-state index in [9.17, 15) is 18.3 Å². The smallest absolute Gasteiger partial charge is 0.344 e. The molecule has 1 amide bonds. The molecule has 0 bridgehead atoms. The summed E-state index contributed by atoms with van der Waals surface area (Å²) in [4.78, 5) is 10.9. The Labute approximate surface area is 109 Å².